The van der Waals surface area contributed by atoms with Crippen molar-refractivity contribution in [2.75, 3.05) is 4.90 Å². The van der Waals surface area contributed by atoms with Crippen LogP contribution < -0.4 is 4.90 Å². The van der Waals surface area contributed by atoms with Crippen LogP contribution in [-0.4, -0.2) is 25.9 Å². The second-order valence-electron chi connectivity index (χ2n) is 8.10. The number of carboxylic acid groups (broad SMARTS) is 1. The third-order valence-electron chi connectivity index (χ3n) is 5.95. The number of hydrogen-bond donors (Lipinski definition) is 1. The molecule has 5 nitrogen and oxygen atoms in total. The van der Waals surface area contributed by atoms with Gasteiger partial charge < -0.3 is 9.67 Å². The van der Waals surface area contributed by atoms with Crippen LogP contribution in [0.25, 0.3) is 17.0 Å². The molecule has 0 unspecified atom stereocenters. The highest BCUT2D eigenvalue weighted by atomic mass is 35.5. The summed E-state index contributed by atoms with van der Waals surface area (Å²) < 4.78 is 2.59. The Balaban J connectivity index is 1.55. The number of aromatic nitrogens is 1. The summed E-state index contributed by atoms with van der Waals surface area (Å²) in [5, 5.41) is 11.1. The second kappa shape index (κ2) is 9.34. The first-order valence-corrected chi connectivity index (χ1v) is 12.4. The maximum Gasteiger partial charge on any atom is 0.335 e. The van der Waals surface area contributed by atoms with Crippen LogP contribution >= 0.6 is 35.6 Å². The number of hydrogen-bond acceptors (Lipinski definition) is 4. The van der Waals surface area contributed by atoms with Gasteiger partial charge in [0.05, 0.1) is 16.2 Å². The van der Waals surface area contributed by atoms with Gasteiger partial charge in [-0.25, -0.2) is 4.79 Å². The van der Waals surface area contributed by atoms with Gasteiger partial charge in [0.25, 0.3) is 5.91 Å². The summed E-state index contributed by atoms with van der Waals surface area (Å²) in [5.41, 5.74) is 4.71. The first-order valence-electron chi connectivity index (χ1n) is 10.8. The minimum absolute atomic E-state index is 0.0987. The zero-order valence-electron chi connectivity index (χ0n) is 18.6. The Hall–Kier alpha value is -3.39. The Morgan fingerprint density at radius 3 is 2.57 bits per heavy atom. The van der Waals surface area contributed by atoms with Crippen LogP contribution in [0.15, 0.2) is 77.7 Å². The fourth-order valence-corrected chi connectivity index (χ4v) is 5.62. The molecule has 1 amide bonds. The Bertz CT molecular complexity index is 1540. The van der Waals surface area contributed by atoms with E-state index in [1.54, 1.807) is 12.1 Å². The zero-order valence-corrected chi connectivity index (χ0v) is 21.0. The molecule has 1 fully saturated rings. The van der Waals surface area contributed by atoms with Gasteiger partial charge in [-0.2, -0.15) is 0 Å². The van der Waals surface area contributed by atoms with Gasteiger partial charge in [0.1, 0.15) is 0 Å². The molecule has 0 atom stereocenters. The third kappa shape index (κ3) is 4.38. The number of anilines is 1. The number of rotatable bonds is 5. The fourth-order valence-electron chi connectivity index (χ4n) is 4.22. The highest BCUT2D eigenvalue weighted by Gasteiger charge is 2.34. The summed E-state index contributed by atoms with van der Waals surface area (Å²) in [6.45, 7) is 2.71. The van der Waals surface area contributed by atoms with E-state index in [4.69, 9.17) is 23.8 Å². The molecule has 2 heterocycles. The molecular weight excluding hydrogens is 500 g/mol. The Morgan fingerprint density at radius 2 is 1.83 bits per heavy atom. The van der Waals surface area contributed by atoms with Gasteiger partial charge in [-0.1, -0.05) is 72.0 Å². The number of halogens is 1. The third-order valence-corrected chi connectivity index (χ3v) is 7.51. The Labute approximate surface area is 216 Å². The van der Waals surface area contributed by atoms with Crippen LogP contribution in [0, 0.1) is 6.92 Å². The van der Waals surface area contributed by atoms with Crippen LogP contribution in [0.3, 0.4) is 0 Å². The number of para-hydroxylation sites is 1. The summed E-state index contributed by atoms with van der Waals surface area (Å²) >= 11 is 12.8. The van der Waals surface area contributed by atoms with E-state index in [-0.39, 0.29) is 11.5 Å². The minimum atomic E-state index is -1.06. The van der Waals surface area contributed by atoms with Gasteiger partial charge >= 0.3 is 5.97 Å². The highest BCUT2D eigenvalue weighted by Crippen LogP contribution is 2.38. The quantitative estimate of drug-likeness (QED) is 0.234. The van der Waals surface area contributed by atoms with Crippen molar-refractivity contribution in [3.8, 4) is 0 Å². The number of carbonyl (C=O) groups is 2. The molecule has 35 heavy (non-hydrogen) atoms. The smallest absolute Gasteiger partial charge is 0.335 e. The molecule has 1 N–H and O–H groups in total. The lowest BCUT2D eigenvalue weighted by Gasteiger charge is -2.14. The molecule has 0 aliphatic carbocycles. The molecule has 1 aromatic heterocycles. The van der Waals surface area contributed by atoms with Crippen LogP contribution in [0.4, 0.5) is 5.69 Å². The van der Waals surface area contributed by atoms with Gasteiger partial charge in [-0.15, -0.1) is 0 Å². The number of amides is 1. The van der Waals surface area contributed by atoms with E-state index in [0.29, 0.717) is 26.5 Å². The van der Waals surface area contributed by atoms with Crippen molar-refractivity contribution in [3.05, 3.63) is 105 Å². The summed E-state index contributed by atoms with van der Waals surface area (Å²) in [5.74, 6) is -1.33. The molecular formula is C27H19ClN2O3S2. The first kappa shape index (κ1) is 23.4. The summed E-state index contributed by atoms with van der Waals surface area (Å²) in [6, 6.07) is 22.1. The highest BCUT2D eigenvalue weighted by molar-refractivity contribution is 8.27. The van der Waals surface area contributed by atoms with Crippen molar-refractivity contribution in [1.29, 1.82) is 0 Å². The van der Waals surface area contributed by atoms with Crippen LogP contribution in [0.5, 0.6) is 0 Å². The van der Waals surface area contributed by atoms with Gasteiger partial charge in [0, 0.05) is 33.7 Å². The predicted molar refractivity (Wildman–Crippen MR) is 146 cm³/mol. The van der Waals surface area contributed by atoms with Crippen molar-refractivity contribution < 1.29 is 14.7 Å². The lowest BCUT2D eigenvalue weighted by Crippen LogP contribution is -2.27. The number of carbonyl (C=O) groups excluding carboxylic acids is 1. The molecule has 1 aliphatic rings. The van der Waals surface area contributed by atoms with Gasteiger partial charge in [0.2, 0.25) is 0 Å². The number of benzene rings is 3. The fraction of sp³-hybridized carbons (Fsp3) is 0.0741. The monoisotopic (exact) mass is 518 g/mol. The van der Waals surface area contributed by atoms with E-state index in [0.717, 1.165) is 27.7 Å². The number of thioether (sulfide) groups is 1. The Morgan fingerprint density at radius 1 is 1.09 bits per heavy atom. The van der Waals surface area contributed by atoms with Crippen molar-refractivity contribution in [3.63, 3.8) is 0 Å². The largest absolute Gasteiger partial charge is 0.478 e. The van der Waals surface area contributed by atoms with Gasteiger partial charge in [-0.05, 0) is 55.0 Å². The maximum atomic E-state index is 13.4. The average Bonchev–Trinajstić information content (AvgIpc) is 3.28. The zero-order chi connectivity index (χ0) is 24.7. The maximum absolute atomic E-state index is 13.4. The molecule has 0 radical (unpaired) electrons. The number of aromatic carboxylic acids is 1. The standard InChI is InChI=1S/C27H19ClN2O3S2/c1-16-22(21-7-2-3-8-23(21)29(16)15-17-9-11-19(28)12-10-17)14-24-25(31)30(27(34)35-24)20-6-4-5-18(13-20)26(32)33/h2-14H,15H2,1H3,(H,32,33)/b24-14+. The predicted octanol–water partition coefficient (Wildman–Crippen LogP) is 6.76. The lowest BCUT2D eigenvalue weighted by atomic mass is 10.1. The van der Waals surface area contributed by atoms with Crippen molar-refractivity contribution >= 4 is 74.4 Å². The van der Waals surface area contributed by atoms with E-state index < -0.39 is 5.97 Å². The molecule has 5 rings (SSSR count). The van der Waals surface area contributed by atoms with Crippen LogP contribution in [0.2, 0.25) is 5.02 Å². The van der Waals surface area contributed by atoms with Crippen molar-refractivity contribution in [2.24, 2.45) is 0 Å². The Kier molecular flexibility index (Phi) is 6.23. The SMILES string of the molecule is Cc1c(/C=C2/SC(=S)N(c3cccc(C(=O)O)c3)C2=O)c2ccccc2n1Cc1ccc(Cl)cc1. The number of carboxylic acids is 1. The average molecular weight is 519 g/mol. The van der Waals surface area contributed by atoms with Crippen molar-refractivity contribution in [2.45, 2.75) is 13.5 Å². The summed E-state index contributed by atoms with van der Waals surface area (Å²) in [6.07, 6.45) is 1.89. The topological polar surface area (TPSA) is 62.5 Å². The number of nitrogens with zero attached hydrogens (tertiary/aromatic N) is 2. The summed E-state index contributed by atoms with van der Waals surface area (Å²) in [4.78, 5) is 26.6. The molecule has 3 aromatic carbocycles. The number of thiocarbonyl (C=S) groups is 1. The van der Waals surface area contributed by atoms with Gasteiger partial charge in [0.15, 0.2) is 4.32 Å². The van der Waals surface area contributed by atoms with Gasteiger partial charge in [-0.3, -0.25) is 9.69 Å². The van der Waals surface area contributed by atoms with Crippen LogP contribution in [-0.2, 0) is 11.3 Å². The number of fused-ring (bicyclic) bond motifs is 1. The normalized spacial score (nSPS) is 14.9. The molecule has 1 aliphatic heterocycles. The van der Waals surface area contributed by atoms with Crippen LogP contribution in [0.1, 0.15) is 27.2 Å². The molecule has 174 valence electrons. The second-order valence-corrected chi connectivity index (χ2v) is 10.2. The molecule has 0 saturated carbocycles. The summed E-state index contributed by atoms with van der Waals surface area (Å²) in [7, 11) is 0. The van der Waals surface area contributed by atoms with Crippen molar-refractivity contribution in [1.82, 2.24) is 4.57 Å². The molecule has 4 aromatic rings. The minimum Gasteiger partial charge on any atom is -0.478 e. The first-order chi connectivity index (χ1) is 16.8. The molecule has 0 spiro atoms. The molecule has 8 heteroatoms. The molecule has 0 bridgehead atoms. The van der Waals surface area contributed by atoms with E-state index in [9.17, 15) is 14.7 Å². The lowest BCUT2D eigenvalue weighted by molar-refractivity contribution is -0.113. The molecule has 1 saturated heterocycles. The van der Waals surface area contributed by atoms with E-state index >= 15 is 0 Å². The van der Waals surface area contributed by atoms with E-state index in [1.165, 1.54) is 28.8 Å². The van der Waals surface area contributed by atoms with E-state index in [2.05, 4.69) is 10.6 Å². The van der Waals surface area contributed by atoms with E-state index in [1.807, 2.05) is 55.5 Å².